The lowest BCUT2D eigenvalue weighted by Crippen LogP contribution is -2.45. The van der Waals surface area contributed by atoms with Gasteiger partial charge in [-0.05, 0) is 63.9 Å². The minimum absolute atomic E-state index is 0.139. The maximum atomic E-state index is 12.0. The second kappa shape index (κ2) is 11.1. The second-order valence-electron chi connectivity index (χ2n) is 8.64. The zero-order chi connectivity index (χ0) is 21.5. The summed E-state index contributed by atoms with van der Waals surface area (Å²) >= 11 is 0. The van der Waals surface area contributed by atoms with E-state index in [2.05, 4.69) is 23.4 Å². The molecule has 3 rings (SSSR count). The minimum Gasteiger partial charge on any atom is -0.474 e. The first-order valence-electron chi connectivity index (χ1n) is 11.5. The maximum absolute atomic E-state index is 12.0. The first-order chi connectivity index (χ1) is 14.5. The molecule has 1 atom stereocenters. The molecular formula is C24H38N2O4. The molecule has 0 aromatic heterocycles. The SMILES string of the molecule is C=C(C(=NC)OC1CCC(N2CCOCC2)CC1)C1=C(C)CC[C@@H]1CC(=O)OCC. The molecule has 6 nitrogen and oxygen atoms in total. The van der Waals surface area contributed by atoms with Crippen molar-refractivity contribution < 1.29 is 19.0 Å². The molecule has 1 heterocycles. The van der Waals surface area contributed by atoms with E-state index in [-0.39, 0.29) is 18.0 Å². The number of aliphatic imine (C=N–C) groups is 1. The van der Waals surface area contributed by atoms with Crippen molar-refractivity contribution in [3.63, 3.8) is 0 Å². The first kappa shape index (κ1) is 23.0. The molecule has 0 spiro atoms. The van der Waals surface area contributed by atoms with Crippen LogP contribution in [0.15, 0.2) is 28.3 Å². The van der Waals surface area contributed by atoms with Crippen LogP contribution in [0, 0.1) is 5.92 Å². The van der Waals surface area contributed by atoms with Crippen LogP contribution in [0.4, 0.5) is 0 Å². The van der Waals surface area contributed by atoms with Gasteiger partial charge in [0.25, 0.3) is 0 Å². The number of allylic oxidation sites excluding steroid dienone is 1. The lowest BCUT2D eigenvalue weighted by atomic mass is 9.90. The molecule has 0 bridgehead atoms. The van der Waals surface area contributed by atoms with E-state index in [0.29, 0.717) is 25.0 Å². The van der Waals surface area contributed by atoms with E-state index in [1.54, 1.807) is 7.05 Å². The minimum atomic E-state index is -0.139. The molecule has 168 valence electrons. The third-order valence-corrected chi connectivity index (χ3v) is 6.72. The van der Waals surface area contributed by atoms with Crippen molar-refractivity contribution in [1.82, 2.24) is 4.90 Å². The van der Waals surface area contributed by atoms with Gasteiger partial charge in [-0.2, -0.15) is 0 Å². The van der Waals surface area contributed by atoms with Crippen molar-refractivity contribution >= 4 is 11.9 Å². The van der Waals surface area contributed by atoms with Gasteiger partial charge in [-0.3, -0.25) is 14.7 Å². The molecular weight excluding hydrogens is 380 g/mol. The van der Waals surface area contributed by atoms with Crippen molar-refractivity contribution in [2.75, 3.05) is 40.0 Å². The average Bonchev–Trinajstić information content (AvgIpc) is 3.12. The van der Waals surface area contributed by atoms with E-state index < -0.39 is 0 Å². The smallest absolute Gasteiger partial charge is 0.306 e. The second-order valence-corrected chi connectivity index (χ2v) is 8.64. The molecule has 0 aromatic carbocycles. The number of hydrogen-bond donors (Lipinski definition) is 0. The van der Waals surface area contributed by atoms with Crippen molar-refractivity contribution in [3.05, 3.63) is 23.3 Å². The molecule has 0 N–H and O–H groups in total. The molecule has 6 heteroatoms. The van der Waals surface area contributed by atoms with Gasteiger partial charge in [-0.15, -0.1) is 0 Å². The van der Waals surface area contributed by atoms with E-state index in [9.17, 15) is 4.79 Å². The van der Waals surface area contributed by atoms with Crippen LogP contribution in [0.2, 0.25) is 0 Å². The summed E-state index contributed by atoms with van der Waals surface area (Å²) in [5.74, 6) is 0.642. The number of carbonyl (C=O) groups excluding carboxylic acids is 1. The Morgan fingerprint density at radius 3 is 2.53 bits per heavy atom. The van der Waals surface area contributed by atoms with Gasteiger partial charge in [-0.25, -0.2) is 0 Å². The Morgan fingerprint density at radius 1 is 1.20 bits per heavy atom. The van der Waals surface area contributed by atoms with Crippen LogP contribution in [-0.4, -0.2) is 68.9 Å². The molecule has 1 saturated heterocycles. The number of ether oxygens (including phenoxy) is 3. The summed E-state index contributed by atoms with van der Waals surface area (Å²) in [5, 5.41) is 0. The molecule has 2 fully saturated rings. The summed E-state index contributed by atoms with van der Waals surface area (Å²) in [6.45, 7) is 12.5. The number of morpholine rings is 1. The van der Waals surface area contributed by atoms with Crippen LogP contribution in [-0.2, 0) is 19.0 Å². The summed E-state index contributed by atoms with van der Waals surface area (Å²) in [6, 6.07) is 0.646. The zero-order valence-corrected chi connectivity index (χ0v) is 19.0. The Labute approximate surface area is 181 Å². The van der Waals surface area contributed by atoms with Crippen LogP contribution in [0.5, 0.6) is 0 Å². The van der Waals surface area contributed by atoms with E-state index in [1.807, 2.05) is 6.92 Å². The molecule has 0 amide bonds. The highest BCUT2D eigenvalue weighted by atomic mass is 16.5. The fourth-order valence-corrected chi connectivity index (χ4v) is 5.15. The van der Waals surface area contributed by atoms with E-state index in [0.717, 1.165) is 76.0 Å². The van der Waals surface area contributed by atoms with Crippen LogP contribution < -0.4 is 0 Å². The van der Waals surface area contributed by atoms with Gasteiger partial charge in [0.15, 0.2) is 0 Å². The molecule has 0 unspecified atom stereocenters. The van der Waals surface area contributed by atoms with E-state index in [1.165, 1.54) is 5.57 Å². The Bertz CT molecular complexity index is 671. The van der Waals surface area contributed by atoms with Gasteiger partial charge < -0.3 is 14.2 Å². The Kier molecular flexibility index (Phi) is 8.51. The number of rotatable bonds is 7. The number of carbonyl (C=O) groups is 1. The van der Waals surface area contributed by atoms with Gasteiger partial charge in [0, 0.05) is 31.8 Å². The zero-order valence-electron chi connectivity index (χ0n) is 19.0. The van der Waals surface area contributed by atoms with Crippen LogP contribution >= 0.6 is 0 Å². The molecule has 1 saturated carbocycles. The molecule has 30 heavy (non-hydrogen) atoms. The molecule has 3 aliphatic rings. The van der Waals surface area contributed by atoms with Crippen LogP contribution in [0.25, 0.3) is 0 Å². The average molecular weight is 419 g/mol. The highest BCUT2D eigenvalue weighted by molar-refractivity contribution is 5.98. The summed E-state index contributed by atoms with van der Waals surface area (Å²) in [7, 11) is 1.77. The van der Waals surface area contributed by atoms with Crippen LogP contribution in [0.1, 0.15) is 58.8 Å². The number of esters is 1. The van der Waals surface area contributed by atoms with Gasteiger partial charge in [0.05, 0.1) is 26.2 Å². The van der Waals surface area contributed by atoms with Crippen molar-refractivity contribution in [1.29, 1.82) is 0 Å². The lowest BCUT2D eigenvalue weighted by molar-refractivity contribution is -0.143. The number of hydrogen-bond acceptors (Lipinski definition) is 6. The predicted octanol–water partition coefficient (Wildman–Crippen LogP) is 3.91. The van der Waals surface area contributed by atoms with Crippen LogP contribution in [0.3, 0.4) is 0 Å². The van der Waals surface area contributed by atoms with Crippen molar-refractivity contribution in [2.24, 2.45) is 10.9 Å². The molecule has 0 aromatic rings. The highest BCUT2D eigenvalue weighted by Gasteiger charge is 2.32. The van der Waals surface area contributed by atoms with Gasteiger partial charge in [0.2, 0.25) is 5.90 Å². The fraction of sp³-hybridized carbons (Fsp3) is 0.750. The number of nitrogens with zero attached hydrogens (tertiary/aromatic N) is 2. The van der Waals surface area contributed by atoms with Gasteiger partial charge >= 0.3 is 5.97 Å². The maximum Gasteiger partial charge on any atom is 0.306 e. The largest absolute Gasteiger partial charge is 0.474 e. The first-order valence-corrected chi connectivity index (χ1v) is 11.5. The molecule has 2 aliphatic carbocycles. The third-order valence-electron chi connectivity index (χ3n) is 6.72. The van der Waals surface area contributed by atoms with E-state index in [4.69, 9.17) is 14.2 Å². The van der Waals surface area contributed by atoms with E-state index >= 15 is 0 Å². The summed E-state index contributed by atoms with van der Waals surface area (Å²) in [5.41, 5.74) is 3.28. The van der Waals surface area contributed by atoms with Crippen molar-refractivity contribution in [2.45, 2.75) is 70.9 Å². The molecule has 1 aliphatic heterocycles. The standard InChI is InChI=1S/C24H38N2O4/c1-5-29-22(27)16-19-7-6-17(2)23(19)18(3)24(25-4)30-21-10-8-20(9-11-21)26-12-14-28-15-13-26/h19-21H,3,5-16H2,1-2,4H3/t19-,20?,21?/m1/s1. The predicted molar refractivity (Wildman–Crippen MR) is 119 cm³/mol. The van der Waals surface area contributed by atoms with Gasteiger partial charge in [0.1, 0.15) is 6.10 Å². The Morgan fingerprint density at radius 2 is 1.90 bits per heavy atom. The normalized spacial score (nSPS) is 28.5. The highest BCUT2D eigenvalue weighted by Crippen LogP contribution is 2.39. The lowest BCUT2D eigenvalue weighted by Gasteiger charge is -2.38. The summed E-state index contributed by atoms with van der Waals surface area (Å²) in [6.07, 6.45) is 6.92. The Hall–Kier alpha value is -1.66. The molecule has 0 radical (unpaired) electrons. The monoisotopic (exact) mass is 418 g/mol. The summed E-state index contributed by atoms with van der Waals surface area (Å²) in [4.78, 5) is 19.1. The van der Waals surface area contributed by atoms with Gasteiger partial charge in [-0.1, -0.05) is 12.2 Å². The fourth-order valence-electron chi connectivity index (χ4n) is 5.15. The summed E-state index contributed by atoms with van der Waals surface area (Å²) < 4.78 is 17.0. The topological polar surface area (TPSA) is 60.4 Å². The third kappa shape index (κ3) is 5.73. The quantitative estimate of drug-likeness (QED) is 0.356. The van der Waals surface area contributed by atoms with Crippen molar-refractivity contribution in [3.8, 4) is 0 Å². The Balaban J connectivity index is 1.56.